The van der Waals surface area contributed by atoms with E-state index in [0.29, 0.717) is 6.54 Å². The molecular weight excluding hydrogens is 326 g/mol. The monoisotopic (exact) mass is 348 g/mol. The average molecular weight is 348 g/mol. The van der Waals surface area contributed by atoms with E-state index in [0.717, 1.165) is 34.6 Å². The van der Waals surface area contributed by atoms with Crippen molar-refractivity contribution in [1.82, 2.24) is 4.90 Å². The third-order valence-electron chi connectivity index (χ3n) is 3.79. The van der Waals surface area contributed by atoms with Crippen LogP contribution in [0, 0.1) is 25.5 Å². The van der Waals surface area contributed by atoms with Crippen molar-refractivity contribution in [3.05, 3.63) is 58.7 Å². The summed E-state index contributed by atoms with van der Waals surface area (Å²) in [5.41, 5.74) is 3.38. The number of halogens is 2. The number of benzene rings is 2. The fourth-order valence-corrected chi connectivity index (χ4v) is 2.84. The normalized spacial score (nSPS) is 10.8. The van der Waals surface area contributed by atoms with Crippen LogP contribution < -0.4 is 10.1 Å². The zero-order chi connectivity index (χ0) is 18.6. The number of hydrogen-bond acceptors (Lipinski definition) is 3. The van der Waals surface area contributed by atoms with E-state index in [-0.39, 0.29) is 18.1 Å². The molecule has 0 aromatic heterocycles. The number of methoxy groups -OCH3 is 1. The van der Waals surface area contributed by atoms with Gasteiger partial charge in [0.25, 0.3) is 0 Å². The first-order valence-electron chi connectivity index (χ1n) is 7.87. The molecule has 6 heteroatoms. The lowest BCUT2D eigenvalue weighted by atomic mass is 10.1. The predicted octanol–water partition coefficient (Wildman–Crippen LogP) is 3.66. The second-order valence-corrected chi connectivity index (χ2v) is 6.11. The summed E-state index contributed by atoms with van der Waals surface area (Å²) in [6, 6.07) is 7.32. The van der Waals surface area contributed by atoms with E-state index in [4.69, 9.17) is 4.74 Å². The van der Waals surface area contributed by atoms with E-state index in [9.17, 15) is 13.6 Å². The first-order valence-corrected chi connectivity index (χ1v) is 7.87. The summed E-state index contributed by atoms with van der Waals surface area (Å²) in [6.07, 6.45) is 0. The second kappa shape index (κ2) is 8.07. The zero-order valence-electron chi connectivity index (χ0n) is 14.8. The highest BCUT2D eigenvalue weighted by atomic mass is 19.2. The molecule has 4 nitrogen and oxygen atoms in total. The van der Waals surface area contributed by atoms with Crippen molar-refractivity contribution in [2.45, 2.75) is 20.4 Å². The van der Waals surface area contributed by atoms with Gasteiger partial charge in [-0.25, -0.2) is 8.78 Å². The highest BCUT2D eigenvalue weighted by molar-refractivity contribution is 5.92. The highest BCUT2D eigenvalue weighted by Crippen LogP contribution is 2.24. The van der Waals surface area contributed by atoms with Gasteiger partial charge in [-0.05, 0) is 49.7 Å². The summed E-state index contributed by atoms with van der Waals surface area (Å²) < 4.78 is 31.4. The summed E-state index contributed by atoms with van der Waals surface area (Å²) in [7, 11) is 3.46. The number of aryl methyl sites for hydroxylation is 2. The maximum absolute atomic E-state index is 13.2. The number of carbonyl (C=O) groups is 1. The number of likely N-dealkylation sites (N-methyl/N-ethyl adjacent to an activating group) is 1. The van der Waals surface area contributed by atoms with Gasteiger partial charge in [-0.1, -0.05) is 12.1 Å². The van der Waals surface area contributed by atoms with E-state index >= 15 is 0 Å². The number of nitrogens with one attached hydrogen (secondary N) is 1. The molecule has 0 bridgehead atoms. The van der Waals surface area contributed by atoms with Crippen LogP contribution in [0.15, 0.2) is 30.3 Å². The molecule has 0 fully saturated rings. The standard InChI is InChI=1S/C19H22F2N2O2/c1-12-7-14(8-13(2)19(12)25-4)10-23(3)11-18(24)22-15-5-6-16(20)17(21)9-15/h5-9H,10-11H2,1-4H3,(H,22,24). The molecule has 2 aromatic rings. The Balaban J connectivity index is 1.96. The fraction of sp³-hybridized carbons (Fsp3) is 0.316. The summed E-state index contributed by atoms with van der Waals surface area (Å²) in [5, 5.41) is 2.56. The van der Waals surface area contributed by atoms with E-state index < -0.39 is 11.6 Å². The predicted molar refractivity (Wildman–Crippen MR) is 93.8 cm³/mol. The minimum absolute atomic E-state index is 0.128. The number of anilines is 1. The van der Waals surface area contributed by atoms with Crippen LogP contribution in [0.5, 0.6) is 5.75 Å². The van der Waals surface area contributed by atoms with Gasteiger partial charge >= 0.3 is 0 Å². The van der Waals surface area contributed by atoms with Gasteiger partial charge in [0.05, 0.1) is 13.7 Å². The van der Waals surface area contributed by atoms with Crippen LogP contribution in [-0.2, 0) is 11.3 Å². The Hall–Kier alpha value is -2.47. The quantitative estimate of drug-likeness (QED) is 0.866. The van der Waals surface area contributed by atoms with Crippen LogP contribution in [0.3, 0.4) is 0 Å². The van der Waals surface area contributed by atoms with E-state index in [2.05, 4.69) is 5.32 Å². The molecule has 0 heterocycles. The van der Waals surface area contributed by atoms with Gasteiger partial charge in [-0.15, -0.1) is 0 Å². The van der Waals surface area contributed by atoms with E-state index in [1.807, 2.05) is 37.9 Å². The van der Waals surface area contributed by atoms with Gasteiger partial charge in [0, 0.05) is 18.3 Å². The largest absolute Gasteiger partial charge is 0.496 e. The molecule has 0 aliphatic rings. The molecule has 0 aliphatic carbocycles. The van der Waals surface area contributed by atoms with Crippen molar-refractivity contribution in [1.29, 1.82) is 0 Å². The highest BCUT2D eigenvalue weighted by Gasteiger charge is 2.11. The number of amides is 1. The van der Waals surface area contributed by atoms with Crippen LogP contribution >= 0.6 is 0 Å². The van der Waals surface area contributed by atoms with Crippen molar-refractivity contribution >= 4 is 11.6 Å². The molecule has 0 spiro atoms. The van der Waals surface area contributed by atoms with Crippen LogP contribution in [0.4, 0.5) is 14.5 Å². The number of rotatable bonds is 6. The summed E-state index contributed by atoms with van der Waals surface area (Å²) >= 11 is 0. The van der Waals surface area contributed by atoms with Crippen molar-refractivity contribution < 1.29 is 18.3 Å². The lowest BCUT2D eigenvalue weighted by molar-refractivity contribution is -0.117. The number of carbonyl (C=O) groups excluding carboxylic acids is 1. The lowest BCUT2D eigenvalue weighted by Gasteiger charge is -2.18. The molecule has 0 atom stereocenters. The average Bonchev–Trinajstić information content (AvgIpc) is 2.50. The first kappa shape index (κ1) is 18.9. The van der Waals surface area contributed by atoms with Crippen molar-refractivity contribution in [2.75, 3.05) is 26.0 Å². The maximum Gasteiger partial charge on any atom is 0.238 e. The van der Waals surface area contributed by atoms with E-state index in [1.165, 1.54) is 6.07 Å². The number of hydrogen-bond donors (Lipinski definition) is 1. The van der Waals surface area contributed by atoms with Gasteiger partial charge < -0.3 is 10.1 Å². The number of ether oxygens (including phenoxy) is 1. The minimum Gasteiger partial charge on any atom is -0.496 e. The Morgan fingerprint density at radius 3 is 2.32 bits per heavy atom. The maximum atomic E-state index is 13.2. The van der Waals surface area contributed by atoms with Crippen molar-refractivity contribution in [3.63, 3.8) is 0 Å². The molecular formula is C19H22F2N2O2. The molecule has 134 valence electrons. The zero-order valence-corrected chi connectivity index (χ0v) is 14.8. The summed E-state index contributed by atoms with van der Waals surface area (Å²) in [6.45, 7) is 4.66. The molecule has 0 radical (unpaired) electrons. The van der Waals surface area contributed by atoms with Crippen LogP contribution in [-0.4, -0.2) is 31.5 Å². The molecule has 0 aliphatic heterocycles. The fourth-order valence-electron chi connectivity index (χ4n) is 2.84. The summed E-state index contributed by atoms with van der Waals surface area (Å²) in [5.74, 6) is -1.37. The van der Waals surface area contributed by atoms with Crippen molar-refractivity contribution in [2.24, 2.45) is 0 Å². The van der Waals surface area contributed by atoms with Gasteiger partial charge in [0.15, 0.2) is 11.6 Å². The van der Waals surface area contributed by atoms with E-state index in [1.54, 1.807) is 7.11 Å². The Labute approximate surface area is 146 Å². The third kappa shape index (κ3) is 5.00. The SMILES string of the molecule is COc1c(C)cc(CN(C)CC(=O)Nc2ccc(F)c(F)c2)cc1C. The topological polar surface area (TPSA) is 41.6 Å². The minimum atomic E-state index is -0.990. The Morgan fingerprint density at radius 2 is 1.76 bits per heavy atom. The molecule has 2 aromatic carbocycles. The Morgan fingerprint density at radius 1 is 1.12 bits per heavy atom. The lowest BCUT2D eigenvalue weighted by Crippen LogP contribution is -2.29. The summed E-state index contributed by atoms with van der Waals surface area (Å²) in [4.78, 5) is 13.9. The van der Waals surface area contributed by atoms with Gasteiger partial charge in [-0.3, -0.25) is 9.69 Å². The van der Waals surface area contributed by atoms with Crippen LogP contribution in [0.25, 0.3) is 0 Å². The smallest absolute Gasteiger partial charge is 0.238 e. The Bertz CT molecular complexity index is 755. The number of nitrogens with zero attached hydrogens (tertiary/aromatic N) is 1. The van der Waals surface area contributed by atoms with Crippen LogP contribution in [0.1, 0.15) is 16.7 Å². The van der Waals surface area contributed by atoms with Gasteiger partial charge in [0.2, 0.25) is 5.91 Å². The first-order chi connectivity index (χ1) is 11.8. The second-order valence-electron chi connectivity index (χ2n) is 6.11. The molecule has 2 rings (SSSR count). The molecule has 1 amide bonds. The van der Waals surface area contributed by atoms with Crippen LogP contribution in [0.2, 0.25) is 0 Å². The molecule has 0 unspecified atom stereocenters. The van der Waals surface area contributed by atoms with Gasteiger partial charge in [0.1, 0.15) is 5.75 Å². The molecule has 1 N–H and O–H groups in total. The third-order valence-corrected chi connectivity index (χ3v) is 3.79. The van der Waals surface area contributed by atoms with Gasteiger partial charge in [-0.2, -0.15) is 0 Å². The molecule has 25 heavy (non-hydrogen) atoms. The Kier molecular flexibility index (Phi) is 6.09. The molecule has 0 saturated heterocycles. The van der Waals surface area contributed by atoms with Crippen molar-refractivity contribution in [3.8, 4) is 5.75 Å². The molecule has 0 saturated carbocycles.